The van der Waals surface area contributed by atoms with E-state index in [9.17, 15) is 4.79 Å². The van der Waals surface area contributed by atoms with E-state index < -0.39 is 0 Å². The molecule has 4 nitrogen and oxygen atoms in total. The molecule has 1 fully saturated rings. The Kier molecular flexibility index (Phi) is 3.99. The van der Waals surface area contributed by atoms with Crippen LogP contribution in [-0.2, 0) is 11.3 Å². The summed E-state index contributed by atoms with van der Waals surface area (Å²) in [6, 6.07) is 8.46. The first kappa shape index (κ1) is 13.1. The Bertz CT molecular complexity index is 416. The predicted molar refractivity (Wildman–Crippen MR) is 72.1 cm³/mol. The second-order valence-corrected chi connectivity index (χ2v) is 5.11. The Morgan fingerprint density at radius 2 is 2.06 bits per heavy atom. The minimum atomic E-state index is -0.191. The number of carbonyl (C=O) groups is 1. The Labute approximate surface area is 108 Å². The van der Waals surface area contributed by atoms with Crippen molar-refractivity contribution in [3.8, 4) is 0 Å². The van der Waals surface area contributed by atoms with E-state index in [-0.39, 0.29) is 17.7 Å². The summed E-state index contributed by atoms with van der Waals surface area (Å²) in [6.45, 7) is 2.53. The van der Waals surface area contributed by atoms with Crippen LogP contribution in [0.3, 0.4) is 0 Å². The van der Waals surface area contributed by atoms with E-state index in [4.69, 9.17) is 5.73 Å². The SMILES string of the molecule is CNCc1ccc([C@H]2CN(C)C[C@@H]2C(N)=O)cc1. The number of hydrogen-bond acceptors (Lipinski definition) is 3. The molecule has 98 valence electrons. The molecule has 0 unspecified atom stereocenters. The molecule has 0 aromatic heterocycles. The van der Waals surface area contributed by atoms with Gasteiger partial charge in [-0.25, -0.2) is 0 Å². The fourth-order valence-corrected chi connectivity index (χ4v) is 2.71. The highest BCUT2D eigenvalue weighted by molar-refractivity contribution is 5.78. The maximum Gasteiger partial charge on any atom is 0.222 e. The van der Waals surface area contributed by atoms with E-state index in [2.05, 4.69) is 34.5 Å². The fourth-order valence-electron chi connectivity index (χ4n) is 2.71. The number of nitrogens with two attached hydrogens (primary N) is 1. The van der Waals surface area contributed by atoms with Crippen LogP contribution in [0.25, 0.3) is 0 Å². The first-order chi connectivity index (χ1) is 8.61. The molecule has 3 N–H and O–H groups in total. The lowest BCUT2D eigenvalue weighted by Crippen LogP contribution is -2.28. The van der Waals surface area contributed by atoms with Gasteiger partial charge < -0.3 is 16.0 Å². The van der Waals surface area contributed by atoms with Crippen LogP contribution in [0, 0.1) is 5.92 Å². The first-order valence-electron chi connectivity index (χ1n) is 6.33. The maximum absolute atomic E-state index is 11.5. The molecule has 1 aromatic carbocycles. The smallest absolute Gasteiger partial charge is 0.222 e. The molecule has 0 saturated carbocycles. The summed E-state index contributed by atoms with van der Waals surface area (Å²) in [5, 5.41) is 3.12. The molecule has 1 heterocycles. The third-order valence-electron chi connectivity index (χ3n) is 3.66. The van der Waals surface area contributed by atoms with Crippen LogP contribution in [0.2, 0.25) is 0 Å². The van der Waals surface area contributed by atoms with Gasteiger partial charge in [0, 0.05) is 25.6 Å². The number of amides is 1. The molecule has 0 spiro atoms. The summed E-state index contributed by atoms with van der Waals surface area (Å²) in [5.74, 6) is -0.0232. The lowest BCUT2D eigenvalue weighted by atomic mass is 9.88. The van der Waals surface area contributed by atoms with Gasteiger partial charge in [-0.2, -0.15) is 0 Å². The van der Waals surface area contributed by atoms with Crippen LogP contribution in [0.15, 0.2) is 24.3 Å². The molecule has 0 aliphatic carbocycles. The molecular weight excluding hydrogens is 226 g/mol. The average Bonchev–Trinajstić information content (AvgIpc) is 2.73. The number of rotatable bonds is 4. The van der Waals surface area contributed by atoms with Gasteiger partial charge in [-0.05, 0) is 25.2 Å². The van der Waals surface area contributed by atoms with Gasteiger partial charge in [-0.1, -0.05) is 24.3 Å². The molecular formula is C14H21N3O. The van der Waals surface area contributed by atoms with Gasteiger partial charge in [0.05, 0.1) is 5.92 Å². The zero-order valence-corrected chi connectivity index (χ0v) is 11.0. The zero-order chi connectivity index (χ0) is 13.1. The standard InChI is InChI=1S/C14H21N3O/c1-16-7-10-3-5-11(6-4-10)12-8-17(2)9-13(12)14(15)18/h3-6,12-13,16H,7-9H2,1-2H3,(H2,15,18)/t12-,13+/m1/s1. The number of nitrogens with one attached hydrogen (secondary N) is 1. The third-order valence-corrected chi connectivity index (χ3v) is 3.66. The van der Waals surface area contributed by atoms with Crippen molar-refractivity contribution in [2.75, 3.05) is 27.2 Å². The highest BCUT2D eigenvalue weighted by Gasteiger charge is 2.35. The van der Waals surface area contributed by atoms with Crippen LogP contribution < -0.4 is 11.1 Å². The highest BCUT2D eigenvalue weighted by Crippen LogP contribution is 2.31. The molecule has 0 radical (unpaired) electrons. The Morgan fingerprint density at radius 3 is 2.61 bits per heavy atom. The zero-order valence-electron chi connectivity index (χ0n) is 11.0. The summed E-state index contributed by atoms with van der Waals surface area (Å²) < 4.78 is 0. The lowest BCUT2D eigenvalue weighted by molar-refractivity contribution is -0.121. The van der Waals surface area contributed by atoms with E-state index in [1.165, 1.54) is 11.1 Å². The number of nitrogens with zero attached hydrogens (tertiary/aromatic N) is 1. The predicted octanol–water partition coefficient (Wildman–Crippen LogP) is 0.537. The lowest BCUT2D eigenvalue weighted by Gasteiger charge is -2.16. The van der Waals surface area contributed by atoms with Crippen LogP contribution in [0.4, 0.5) is 0 Å². The number of hydrogen-bond donors (Lipinski definition) is 2. The minimum absolute atomic E-state index is 0.0647. The molecule has 1 saturated heterocycles. The number of likely N-dealkylation sites (tertiary alicyclic amines) is 1. The fraction of sp³-hybridized carbons (Fsp3) is 0.500. The topological polar surface area (TPSA) is 58.4 Å². The molecule has 1 aromatic rings. The monoisotopic (exact) mass is 247 g/mol. The largest absolute Gasteiger partial charge is 0.369 e. The molecule has 1 aliphatic heterocycles. The van der Waals surface area contributed by atoms with Gasteiger partial charge in [-0.15, -0.1) is 0 Å². The number of primary amides is 1. The van der Waals surface area contributed by atoms with Crippen LogP contribution in [0.5, 0.6) is 0 Å². The summed E-state index contributed by atoms with van der Waals surface area (Å²) in [6.07, 6.45) is 0. The van der Waals surface area contributed by atoms with Gasteiger partial charge >= 0.3 is 0 Å². The Hall–Kier alpha value is -1.39. The third kappa shape index (κ3) is 2.71. The van der Waals surface area contributed by atoms with E-state index in [1.54, 1.807) is 0 Å². The van der Waals surface area contributed by atoms with Crippen LogP contribution in [-0.4, -0.2) is 38.0 Å². The van der Waals surface area contributed by atoms with E-state index in [0.29, 0.717) is 0 Å². The van der Waals surface area contributed by atoms with Crippen molar-refractivity contribution >= 4 is 5.91 Å². The molecule has 2 rings (SSSR count). The van der Waals surface area contributed by atoms with Crippen molar-refractivity contribution in [2.24, 2.45) is 11.7 Å². The first-order valence-corrected chi connectivity index (χ1v) is 6.33. The number of likely N-dealkylation sites (N-methyl/N-ethyl adjacent to an activating group) is 1. The van der Waals surface area contributed by atoms with Crippen molar-refractivity contribution in [3.63, 3.8) is 0 Å². The molecule has 1 aliphatic rings. The van der Waals surface area contributed by atoms with Gasteiger partial charge in [0.2, 0.25) is 5.91 Å². The van der Waals surface area contributed by atoms with Crippen molar-refractivity contribution in [1.82, 2.24) is 10.2 Å². The van der Waals surface area contributed by atoms with Gasteiger partial charge in [-0.3, -0.25) is 4.79 Å². The second kappa shape index (κ2) is 5.50. The van der Waals surface area contributed by atoms with Crippen LogP contribution >= 0.6 is 0 Å². The second-order valence-electron chi connectivity index (χ2n) is 5.11. The number of benzene rings is 1. The molecule has 4 heteroatoms. The van der Waals surface area contributed by atoms with Crippen molar-refractivity contribution in [2.45, 2.75) is 12.5 Å². The van der Waals surface area contributed by atoms with E-state index in [0.717, 1.165) is 19.6 Å². The average molecular weight is 247 g/mol. The van der Waals surface area contributed by atoms with Gasteiger partial charge in [0.1, 0.15) is 0 Å². The van der Waals surface area contributed by atoms with E-state index >= 15 is 0 Å². The van der Waals surface area contributed by atoms with Crippen molar-refractivity contribution in [1.29, 1.82) is 0 Å². The van der Waals surface area contributed by atoms with Crippen molar-refractivity contribution < 1.29 is 4.79 Å². The van der Waals surface area contributed by atoms with Crippen molar-refractivity contribution in [3.05, 3.63) is 35.4 Å². The molecule has 18 heavy (non-hydrogen) atoms. The van der Waals surface area contributed by atoms with Gasteiger partial charge in [0.15, 0.2) is 0 Å². The summed E-state index contributed by atoms with van der Waals surface area (Å²) in [4.78, 5) is 13.7. The highest BCUT2D eigenvalue weighted by atomic mass is 16.1. The van der Waals surface area contributed by atoms with Crippen LogP contribution in [0.1, 0.15) is 17.0 Å². The molecule has 2 atom stereocenters. The molecule has 0 bridgehead atoms. The summed E-state index contributed by atoms with van der Waals surface area (Å²) in [7, 11) is 3.97. The maximum atomic E-state index is 11.5. The Morgan fingerprint density at radius 1 is 1.39 bits per heavy atom. The number of carbonyl (C=O) groups excluding carboxylic acids is 1. The summed E-state index contributed by atoms with van der Waals surface area (Å²) >= 11 is 0. The molecule has 1 amide bonds. The summed E-state index contributed by atoms with van der Waals surface area (Å²) in [5.41, 5.74) is 7.95. The van der Waals surface area contributed by atoms with E-state index in [1.807, 2.05) is 14.1 Å². The van der Waals surface area contributed by atoms with Gasteiger partial charge in [0.25, 0.3) is 0 Å². The Balaban J connectivity index is 2.16. The minimum Gasteiger partial charge on any atom is -0.369 e. The quantitative estimate of drug-likeness (QED) is 0.816. The normalized spacial score (nSPS) is 24.3.